The molecular weight excluding hydrogens is 447 g/mol. The second kappa shape index (κ2) is 7.30. The molecule has 1 amide bonds. The summed E-state index contributed by atoms with van der Waals surface area (Å²) in [6, 6.07) is 10.3. The maximum Gasteiger partial charge on any atom is 0.266 e. The summed E-state index contributed by atoms with van der Waals surface area (Å²) in [6.07, 6.45) is 1.01. The van der Waals surface area contributed by atoms with Crippen molar-refractivity contribution in [2.75, 3.05) is 0 Å². The van der Waals surface area contributed by atoms with E-state index in [4.69, 9.17) is 11.6 Å². The molecule has 2 aromatic carbocycles. The highest BCUT2D eigenvalue weighted by Gasteiger charge is 2.22. The molecule has 0 spiro atoms. The van der Waals surface area contributed by atoms with Crippen molar-refractivity contribution >= 4 is 54.4 Å². The van der Waals surface area contributed by atoms with Gasteiger partial charge in [-0.25, -0.2) is 17.5 Å². The van der Waals surface area contributed by atoms with Crippen molar-refractivity contribution in [3.05, 3.63) is 69.5 Å². The highest BCUT2D eigenvalue weighted by atomic mass is 79.9. The van der Waals surface area contributed by atoms with Gasteiger partial charge in [0.25, 0.3) is 10.0 Å². The monoisotopic (exact) mass is 456 g/mol. The van der Waals surface area contributed by atoms with Crippen LogP contribution in [-0.4, -0.2) is 19.3 Å². The largest absolute Gasteiger partial charge is 0.274 e. The summed E-state index contributed by atoms with van der Waals surface area (Å²) < 4.78 is 41.5. The maximum absolute atomic E-state index is 13.8. The zero-order valence-corrected chi connectivity index (χ0v) is 16.2. The lowest BCUT2D eigenvalue weighted by Crippen LogP contribution is -2.32. The van der Waals surface area contributed by atoms with Crippen LogP contribution in [0.5, 0.6) is 0 Å². The molecule has 0 aliphatic carbocycles. The molecule has 0 saturated carbocycles. The number of nitrogens with one attached hydrogen (secondary N) is 1. The van der Waals surface area contributed by atoms with Crippen LogP contribution in [-0.2, 0) is 21.2 Å². The molecule has 1 aromatic heterocycles. The standard InChI is InChI=1S/C17H11BrClFN2O3S/c18-12-4-3-10(14(20)8-12)7-16(23)22-26(24,25)15-9-13(19)6-11-2-1-5-21-17(11)15/h1-6,8-9H,7H2,(H,22,23). The van der Waals surface area contributed by atoms with E-state index in [9.17, 15) is 17.6 Å². The Morgan fingerprint density at radius 3 is 2.73 bits per heavy atom. The summed E-state index contributed by atoms with van der Waals surface area (Å²) in [5.41, 5.74) is 0.266. The summed E-state index contributed by atoms with van der Waals surface area (Å²) in [6.45, 7) is 0. The second-order valence-electron chi connectivity index (χ2n) is 5.42. The third-order valence-electron chi connectivity index (χ3n) is 3.54. The fourth-order valence-corrected chi connectivity index (χ4v) is 4.22. The number of amides is 1. The molecule has 134 valence electrons. The summed E-state index contributed by atoms with van der Waals surface area (Å²) in [4.78, 5) is 16.0. The Balaban J connectivity index is 1.91. The Kier molecular flexibility index (Phi) is 5.27. The van der Waals surface area contributed by atoms with Gasteiger partial charge in [-0.15, -0.1) is 0 Å². The van der Waals surface area contributed by atoms with Crippen molar-refractivity contribution in [3.63, 3.8) is 0 Å². The first-order valence-electron chi connectivity index (χ1n) is 7.30. The highest BCUT2D eigenvalue weighted by molar-refractivity contribution is 9.10. The molecule has 9 heteroatoms. The highest BCUT2D eigenvalue weighted by Crippen LogP contribution is 2.26. The van der Waals surface area contributed by atoms with Crippen LogP contribution < -0.4 is 4.72 Å². The van der Waals surface area contributed by atoms with E-state index in [-0.39, 0.29) is 21.0 Å². The van der Waals surface area contributed by atoms with Gasteiger partial charge in [0.15, 0.2) is 0 Å². The SMILES string of the molecule is O=C(Cc1ccc(Br)cc1F)NS(=O)(=O)c1cc(Cl)cc2cccnc12. The molecule has 0 aliphatic heterocycles. The van der Waals surface area contributed by atoms with Gasteiger partial charge in [0, 0.05) is 21.1 Å². The van der Waals surface area contributed by atoms with E-state index in [0.717, 1.165) is 0 Å². The first kappa shape index (κ1) is 18.8. The quantitative estimate of drug-likeness (QED) is 0.646. The number of sulfonamides is 1. The third-order valence-corrected chi connectivity index (χ3v) is 5.64. The van der Waals surface area contributed by atoms with Gasteiger partial charge in [0.1, 0.15) is 10.7 Å². The van der Waals surface area contributed by atoms with Crippen molar-refractivity contribution in [1.82, 2.24) is 9.71 Å². The van der Waals surface area contributed by atoms with Gasteiger partial charge >= 0.3 is 0 Å². The number of hydrogen-bond acceptors (Lipinski definition) is 4. The number of benzene rings is 2. The lowest BCUT2D eigenvalue weighted by Gasteiger charge is -2.10. The number of carbonyl (C=O) groups excluding carboxylic acids is 1. The molecule has 3 aromatic rings. The maximum atomic E-state index is 13.8. The normalized spacial score (nSPS) is 11.5. The van der Waals surface area contributed by atoms with Crippen LogP contribution in [0.2, 0.25) is 5.02 Å². The van der Waals surface area contributed by atoms with Crippen molar-refractivity contribution in [2.45, 2.75) is 11.3 Å². The van der Waals surface area contributed by atoms with Crippen LogP contribution in [0.3, 0.4) is 0 Å². The first-order chi connectivity index (χ1) is 12.3. The Labute approximate surface area is 162 Å². The molecule has 0 unspecified atom stereocenters. The number of fused-ring (bicyclic) bond motifs is 1. The number of hydrogen-bond donors (Lipinski definition) is 1. The van der Waals surface area contributed by atoms with Crippen LogP contribution in [0, 0.1) is 5.82 Å². The van der Waals surface area contributed by atoms with Crippen LogP contribution in [0.4, 0.5) is 4.39 Å². The van der Waals surface area contributed by atoms with Crippen molar-refractivity contribution < 1.29 is 17.6 Å². The molecule has 1 heterocycles. The lowest BCUT2D eigenvalue weighted by molar-refractivity contribution is -0.118. The molecular formula is C17H11BrClFN2O3S. The molecule has 1 N–H and O–H groups in total. The molecule has 0 aliphatic rings. The van der Waals surface area contributed by atoms with Gasteiger partial charge < -0.3 is 0 Å². The summed E-state index contributed by atoms with van der Waals surface area (Å²) in [7, 11) is -4.23. The molecule has 0 saturated heterocycles. The number of nitrogens with zero attached hydrogens (tertiary/aromatic N) is 1. The average molecular weight is 458 g/mol. The van der Waals surface area contributed by atoms with Crippen molar-refractivity contribution in [1.29, 1.82) is 0 Å². The number of rotatable bonds is 4. The van der Waals surface area contributed by atoms with Gasteiger partial charge in [-0.2, -0.15) is 0 Å². The smallest absolute Gasteiger partial charge is 0.266 e. The van der Waals surface area contributed by atoms with E-state index >= 15 is 0 Å². The van der Waals surface area contributed by atoms with Gasteiger partial charge in [-0.05, 0) is 35.9 Å². The molecule has 0 radical (unpaired) electrons. The number of carbonyl (C=O) groups is 1. The van der Waals surface area contributed by atoms with Crippen LogP contribution in [0.25, 0.3) is 10.9 Å². The summed E-state index contributed by atoms with van der Waals surface area (Å²) >= 11 is 9.09. The molecule has 26 heavy (non-hydrogen) atoms. The van der Waals surface area contributed by atoms with Crippen LogP contribution in [0.15, 0.2) is 58.0 Å². The van der Waals surface area contributed by atoms with Crippen molar-refractivity contribution in [2.24, 2.45) is 0 Å². The summed E-state index contributed by atoms with van der Waals surface area (Å²) in [5, 5.41) is 0.712. The van der Waals surface area contributed by atoms with E-state index < -0.39 is 28.2 Å². The van der Waals surface area contributed by atoms with E-state index in [0.29, 0.717) is 9.86 Å². The number of aromatic nitrogens is 1. The van der Waals surface area contributed by atoms with Gasteiger partial charge in [0.05, 0.1) is 11.9 Å². The number of halogens is 3. The Morgan fingerprint density at radius 2 is 2.00 bits per heavy atom. The van der Waals surface area contributed by atoms with Crippen LogP contribution in [0.1, 0.15) is 5.56 Å². The fourth-order valence-electron chi connectivity index (χ4n) is 2.41. The van der Waals surface area contributed by atoms with Gasteiger partial charge in [0.2, 0.25) is 5.91 Å². The minimum Gasteiger partial charge on any atom is -0.274 e. The Hall–Kier alpha value is -2.03. The minimum atomic E-state index is -4.23. The Morgan fingerprint density at radius 1 is 1.23 bits per heavy atom. The topological polar surface area (TPSA) is 76.1 Å². The minimum absolute atomic E-state index is 0.0787. The fraction of sp³-hybridized carbons (Fsp3) is 0.0588. The molecule has 3 rings (SSSR count). The van der Waals surface area contributed by atoms with Gasteiger partial charge in [-0.3, -0.25) is 9.78 Å². The predicted molar refractivity (Wildman–Crippen MR) is 99.9 cm³/mol. The zero-order valence-electron chi connectivity index (χ0n) is 13.0. The van der Waals surface area contributed by atoms with E-state index in [1.165, 1.54) is 24.4 Å². The van der Waals surface area contributed by atoms with E-state index in [1.54, 1.807) is 24.3 Å². The number of pyridine rings is 1. The van der Waals surface area contributed by atoms with Crippen molar-refractivity contribution in [3.8, 4) is 0 Å². The van der Waals surface area contributed by atoms with E-state index in [1.807, 2.05) is 4.72 Å². The van der Waals surface area contributed by atoms with Crippen LogP contribution >= 0.6 is 27.5 Å². The average Bonchev–Trinajstić information content (AvgIpc) is 2.56. The molecule has 0 bridgehead atoms. The Bertz CT molecular complexity index is 1120. The molecule has 5 nitrogen and oxygen atoms in total. The summed E-state index contributed by atoms with van der Waals surface area (Å²) in [5.74, 6) is -1.47. The zero-order chi connectivity index (χ0) is 18.9. The second-order valence-corrected chi connectivity index (χ2v) is 8.42. The lowest BCUT2D eigenvalue weighted by atomic mass is 10.1. The molecule has 0 atom stereocenters. The molecule has 0 fully saturated rings. The van der Waals surface area contributed by atoms with Gasteiger partial charge in [-0.1, -0.05) is 39.7 Å². The first-order valence-corrected chi connectivity index (χ1v) is 9.95. The predicted octanol–water partition coefficient (Wildman–Crippen LogP) is 3.84. The third kappa shape index (κ3) is 4.03. The van der Waals surface area contributed by atoms with E-state index in [2.05, 4.69) is 20.9 Å².